The average Bonchev–Trinajstić information content (AvgIpc) is 1.64. The smallest absolute Gasteiger partial charge is 0.123 e. The summed E-state index contributed by atoms with van der Waals surface area (Å²) in [7, 11) is 0. The first-order chi connectivity index (χ1) is 3.79. The molecule has 1 heterocycles. The highest BCUT2D eigenvalue weighted by Gasteiger charge is 1.82. The van der Waals surface area contributed by atoms with E-state index in [1.54, 1.807) is 18.3 Å². The van der Waals surface area contributed by atoms with Crippen LogP contribution in [0.3, 0.4) is 0 Å². The highest BCUT2D eigenvalue weighted by Crippen LogP contribution is 1.98. The summed E-state index contributed by atoms with van der Waals surface area (Å²) in [6, 6.07) is 3.52. The first kappa shape index (κ1) is 5.09. The average molecular weight is 107 g/mol. The number of nitrogen functional groups attached to an aromatic ring is 1. The van der Waals surface area contributed by atoms with Gasteiger partial charge in [-0.25, -0.2) is 4.98 Å². The van der Waals surface area contributed by atoms with E-state index in [-0.39, 0.29) is 0 Å². The molecule has 1 rings (SSSR count). The SMILES string of the molecule is [CH2]c1ccnc(N)c1. The number of aromatic nitrogens is 1. The molecule has 1 radical (unpaired) electrons. The number of hydrogen-bond donors (Lipinski definition) is 1. The van der Waals surface area contributed by atoms with Crippen molar-refractivity contribution >= 4 is 5.82 Å². The molecule has 2 heteroatoms. The number of nitrogens with two attached hydrogens (primary N) is 1. The summed E-state index contributed by atoms with van der Waals surface area (Å²) in [5.41, 5.74) is 6.21. The van der Waals surface area contributed by atoms with Gasteiger partial charge in [0.1, 0.15) is 5.82 Å². The van der Waals surface area contributed by atoms with Crippen LogP contribution in [0, 0.1) is 6.92 Å². The second kappa shape index (κ2) is 1.82. The molecule has 0 aliphatic rings. The number of hydrogen-bond acceptors (Lipinski definition) is 2. The van der Waals surface area contributed by atoms with Crippen LogP contribution >= 0.6 is 0 Å². The fourth-order valence-electron chi connectivity index (χ4n) is 0.494. The predicted octanol–water partition coefficient (Wildman–Crippen LogP) is 0.846. The van der Waals surface area contributed by atoms with E-state index in [1.807, 2.05) is 0 Å². The van der Waals surface area contributed by atoms with Crippen LogP contribution in [-0.4, -0.2) is 4.98 Å². The van der Waals surface area contributed by atoms with Gasteiger partial charge in [-0.2, -0.15) is 0 Å². The monoisotopic (exact) mass is 107 g/mol. The standard InChI is InChI=1S/C6H7N2/c1-5-2-3-8-6(7)4-5/h2-4H,1H2,(H2,7,8). The zero-order chi connectivity index (χ0) is 5.98. The minimum absolute atomic E-state index is 0.525. The Morgan fingerprint density at radius 1 is 1.62 bits per heavy atom. The predicted molar refractivity (Wildman–Crippen MR) is 33.1 cm³/mol. The Bertz CT molecular complexity index is 166. The van der Waals surface area contributed by atoms with Gasteiger partial charge in [-0.05, 0) is 24.6 Å². The third-order valence-corrected chi connectivity index (χ3v) is 0.845. The van der Waals surface area contributed by atoms with Crippen molar-refractivity contribution in [2.75, 3.05) is 5.73 Å². The van der Waals surface area contributed by atoms with E-state index in [0.717, 1.165) is 5.56 Å². The van der Waals surface area contributed by atoms with E-state index in [1.165, 1.54) is 0 Å². The van der Waals surface area contributed by atoms with Crippen molar-refractivity contribution in [3.05, 3.63) is 30.8 Å². The van der Waals surface area contributed by atoms with E-state index >= 15 is 0 Å². The van der Waals surface area contributed by atoms with Gasteiger partial charge in [0.15, 0.2) is 0 Å². The van der Waals surface area contributed by atoms with Crippen LogP contribution in [0.1, 0.15) is 5.56 Å². The lowest BCUT2D eigenvalue weighted by Crippen LogP contribution is -1.87. The Morgan fingerprint density at radius 3 is 2.75 bits per heavy atom. The molecule has 0 unspecified atom stereocenters. The first-order valence-corrected chi connectivity index (χ1v) is 2.32. The molecule has 0 saturated heterocycles. The van der Waals surface area contributed by atoms with E-state index < -0.39 is 0 Å². The summed E-state index contributed by atoms with van der Waals surface area (Å²) < 4.78 is 0. The number of rotatable bonds is 0. The van der Waals surface area contributed by atoms with Crippen LogP contribution in [0.2, 0.25) is 0 Å². The van der Waals surface area contributed by atoms with Crippen LogP contribution < -0.4 is 5.73 Å². The van der Waals surface area contributed by atoms with Gasteiger partial charge in [-0.3, -0.25) is 0 Å². The van der Waals surface area contributed by atoms with Gasteiger partial charge in [0.2, 0.25) is 0 Å². The Balaban J connectivity index is 3.08. The van der Waals surface area contributed by atoms with Crippen LogP contribution in [0.5, 0.6) is 0 Å². The highest BCUT2D eigenvalue weighted by atomic mass is 14.8. The molecule has 0 fully saturated rings. The third kappa shape index (κ3) is 0.964. The molecule has 0 aromatic carbocycles. The summed E-state index contributed by atoms with van der Waals surface area (Å²) in [4.78, 5) is 3.78. The lowest BCUT2D eigenvalue weighted by Gasteiger charge is -1.90. The van der Waals surface area contributed by atoms with E-state index in [0.29, 0.717) is 5.82 Å². The molecule has 0 saturated carbocycles. The summed E-state index contributed by atoms with van der Waals surface area (Å²) in [6.45, 7) is 3.66. The molecule has 2 nitrogen and oxygen atoms in total. The molecule has 2 N–H and O–H groups in total. The van der Waals surface area contributed by atoms with Gasteiger partial charge < -0.3 is 5.73 Å². The van der Waals surface area contributed by atoms with Gasteiger partial charge >= 0.3 is 0 Å². The second-order valence-corrected chi connectivity index (χ2v) is 1.59. The highest BCUT2D eigenvalue weighted by molar-refractivity contribution is 5.32. The van der Waals surface area contributed by atoms with Crippen molar-refractivity contribution in [2.45, 2.75) is 0 Å². The van der Waals surface area contributed by atoms with Crippen LogP contribution in [-0.2, 0) is 0 Å². The summed E-state index contributed by atoms with van der Waals surface area (Å²) in [5, 5.41) is 0. The minimum atomic E-state index is 0.525. The van der Waals surface area contributed by atoms with Gasteiger partial charge in [-0.1, -0.05) is 0 Å². The van der Waals surface area contributed by atoms with E-state index in [9.17, 15) is 0 Å². The molecule has 0 aliphatic carbocycles. The zero-order valence-electron chi connectivity index (χ0n) is 4.46. The van der Waals surface area contributed by atoms with Crippen LogP contribution in [0.4, 0.5) is 5.82 Å². The van der Waals surface area contributed by atoms with Gasteiger partial charge in [0.05, 0.1) is 0 Å². The number of nitrogens with zero attached hydrogens (tertiary/aromatic N) is 1. The third-order valence-electron chi connectivity index (χ3n) is 0.845. The zero-order valence-corrected chi connectivity index (χ0v) is 4.46. The molecule has 1 aromatic heterocycles. The molecule has 8 heavy (non-hydrogen) atoms. The Morgan fingerprint density at radius 2 is 2.38 bits per heavy atom. The van der Waals surface area contributed by atoms with Crippen molar-refractivity contribution in [3.63, 3.8) is 0 Å². The fraction of sp³-hybridized carbons (Fsp3) is 0. The summed E-state index contributed by atoms with van der Waals surface area (Å²) in [5.74, 6) is 0.525. The lowest BCUT2D eigenvalue weighted by molar-refractivity contribution is 1.32. The molecule has 0 bridgehead atoms. The van der Waals surface area contributed by atoms with Gasteiger partial charge in [-0.15, -0.1) is 0 Å². The van der Waals surface area contributed by atoms with E-state index in [2.05, 4.69) is 11.9 Å². The van der Waals surface area contributed by atoms with Crippen LogP contribution in [0.25, 0.3) is 0 Å². The molecule has 1 aromatic rings. The van der Waals surface area contributed by atoms with Gasteiger partial charge in [0, 0.05) is 6.20 Å². The Hall–Kier alpha value is -1.05. The van der Waals surface area contributed by atoms with Crippen molar-refractivity contribution < 1.29 is 0 Å². The van der Waals surface area contributed by atoms with Crippen molar-refractivity contribution in [3.8, 4) is 0 Å². The topological polar surface area (TPSA) is 38.9 Å². The van der Waals surface area contributed by atoms with Gasteiger partial charge in [0.25, 0.3) is 0 Å². The summed E-state index contributed by atoms with van der Waals surface area (Å²) >= 11 is 0. The molecular formula is C6H7N2. The maximum Gasteiger partial charge on any atom is 0.123 e. The Kier molecular flexibility index (Phi) is 1.16. The second-order valence-electron chi connectivity index (χ2n) is 1.59. The molecule has 41 valence electrons. The first-order valence-electron chi connectivity index (χ1n) is 2.32. The normalized spacial score (nSPS) is 9.12. The number of anilines is 1. The van der Waals surface area contributed by atoms with Crippen molar-refractivity contribution in [1.82, 2.24) is 4.98 Å². The van der Waals surface area contributed by atoms with Crippen LogP contribution in [0.15, 0.2) is 18.3 Å². The maximum atomic E-state index is 5.31. The molecule has 0 atom stereocenters. The fourth-order valence-corrected chi connectivity index (χ4v) is 0.494. The maximum absolute atomic E-state index is 5.31. The lowest BCUT2D eigenvalue weighted by atomic mass is 10.3. The molecule has 0 spiro atoms. The van der Waals surface area contributed by atoms with Crippen molar-refractivity contribution in [1.29, 1.82) is 0 Å². The quantitative estimate of drug-likeness (QED) is 0.533. The molecule has 0 amide bonds. The van der Waals surface area contributed by atoms with Crippen molar-refractivity contribution in [2.24, 2.45) is 0 Å². The minimum Gasteiger partial charge on any atom is -0.384 e. The summed E-state index contributed by atoms with van der Waals surface area (Å²) in [6.07, 6.45) is 1.64. The molecular weight excluding hydrogens is 100 g/mol. The largest absolute Gasteiger partial charge is 0.384 e. The number of pyridine rings is 1. The van der Waals surface area contributed by atoms with E-state index in [4.69, 9.17) is 5.73 Å². The molecule has 0 aliphatic heterocycles. The Labute approximate surface area is 48.4 Å².